The van der Waals surface area contributed by atoms with Gasteiger partial charge in [0.05, 0.1) is 19.7 Å². The minimum atomic E-state index is -0.374. The molecule has 0 fully saturated rings. The first kappa shape index (κ1) is 12.1. The summed E-state index contributed by atoms with van der Waals surface area (Å²) in [6.07, 6.45) is 5.14. The van der Waals surface area contributed by atoms with E-state index in [9.17, 15) is 0 Å². The third-order valence-corrected chi connectivity index (χ3v) is 2.29. The summed E-state index contributed by atoms with van der Waals surface area (Å²) in [5.41, 5.74) is 1.90. The smallest absolute Gasteiger partial charge is 0.122 e. The molecule has 0 spiro atoms. The SMILES string of the molecule is C#CCNC(C#N)c1ccc(OC)c(C)c1. The van der Waals surface area contributed by atoms with Gasteiger partial charge in [-0.2, -0.15) is 5.26 Å². The lowest BCUT2D eigenvalue weighted by atomic mass is 10.0. The Kier molecular flexibility index (Phi) is 4.39. The number of nitrogens with one attached hydrogen (secondary N) is 1. The molecule has 1 aromatic rings. The van der Waals surface area contributed by atoms with E-state index in [1.54, 1.807) is 7.11 Å². The first-order chi connectivity index (χ1) is 7.72. The third-order valence-electron chi connectivity index (χ3n) is 2.29. The summed E-state index contributed by atoms with van der Waals surface area (Å²) < 4.78 is 5.16. The summed E-state index contributed by atoms with van der Waals surface area (Å²) in [7, 11) is 1.63. The highest BCUT2D eigenvalue weighted by Gasteiger charge is 2.10. The van der Waals surface area contributed by atoms with Crippen molar-refractivity contribution in [2.24, 2.45) is 0 Å². The number of benzene rings is 1. The average molecular weight is 214 g/mol. The molecule has 0 heterocycles. The zero-order valence-electron chi connectivity index (χ0n) is 9.45. The van der Waals surface area contributed by atoms with Gasteiger partial charge in [0.15, 0.2) is 0 Å². The van der Waals surface area contributed by atoms with Crippen LogP contribution in [0.25, 0.3) is 0 Å². The highest BCUT2D eigenvalue weighted by atomic mass is 16.5. The van der Waals surface area contributed by atoms with Crippen LogP contribution in [0.3, 0.4) is 0 Å². The molecule has 0 aromatic heterocycles. The molecule has 0 aliphatic rings. The number of hydrogen-bond acceptors (Lipinski definition) is 3. The standard InChI is InChI=1S/C13H14N2O/c1-4-7-15-12(9-14)11-5-6-13(16-3)10(2)8-11/h1,5-6,8,12,15H,7H2,2-3H3. The van der Waals surface area contributed by atoms with Crippen molar-refractivity contribution in [2.45, 2.75) is 13.0 Å². The molecule has 0 bridgehead atoms. The number of methoxy groups -OCH3 is 1. The fraction of sp³-hybridized carbons (Fsp3) is 0.308. The second-order valence-electron chi connectivity index (χ2n) is 3.38. The van der Waals surface area contributed by atoms with Crippen molar-refractivity contribution in [2.75, 3.05) is 13.7 Å². The van der Waals surface area contributed by atoms with Crippen molar-refractivity contribution in [1.29, 1.82) is 5.26 Å². The molecule has 1 rings (SSSR count). The number of nitriles is 1. The zero-order valence-corrected chi connectivity index (χ0v) is 9.45. The molecule has 0 saturated heterocycles. The molecule has 0 radical (unpaired) electrons. The lowest BCUT2D eigenvalue weighted by Gasteiger charge is -2.12. The van der Waals surface area contributed by atoms with Crippen molar-refractivity contribution in [3.05, 3.63) is 29.3 Å². The highest BCUT2D eigenvalue weighted by Crippen LogP contribution is 2.22. The van der Waals surface area contributed by atoms with Gasteiger partial charge < -0.3 is 4.74 Å². The molecule has 0 amide bonds. The predicted octanol–water partition coefficient (Wildman–Crippen LogP) is 1.79. The van der Waals surface area contributed by atoms with Crippen molar-refractivity contribution in [3.8, 4) is 24.2 Å². The Balaban J connectivity index is 2.91. The molecule has 0 aliphatic carbocycles. The number of rotatable bonds is 4. The number of terminal acetylenes is 1. The fourth-order valence-electron chi connectivity index (χ4n) is 1.48. The van der Waals surface area contributed by atoms with Crippen LogP contribution in [-0.4, -0.2) is 13.7 Å². The molecule has 82 valence electrons. The summed E-state index contributed by atoms with van der Waals surface area (Å²) in [5, 5.41) is 12.0. The maximum atomic E-state index is 9.01. The van der Waals surface area contributed by atoms with E-state index in [1.807, 2.05) is 25.1 Å². The van der Waals surface area contributed by atoms with E-state index in [-0.39, 0.29) is 6.04 Å². The van der Waals surface area contributed by atoms with Crippen LogP contribution in [0.2, 0.25) is 0 Å². The van der Waals surface area contributed by atoms with Crippen LogP contribution in [-0.2, 0) is 0 Å². The number of ether oxygens (including phenoxy) is 1. The Bertz CT molecular complexity index is 440. The Hall–Kier alpha value is -1.97. The van der Waals surface area contributed by atoms with Crippen molar-refractivity contribution in [1.82, 2.24) is 5.32 Å². The van der Waals surface area contributed by atoms with E-state index >= 15 is 0 Å². The van der Waals surface area contributed by atoms with Gasteiger partial charge in [0.25, 0.3) is 0 Å². The van der Waals surface area contributed by atoms with E-state index < -0.39 is 0 Å². The van der Waals surface area contributed by atoms with Crippen LogP contribution in [0, 0.1) is 30.6 Å². The molecule has 1 N–H and O–H groups in total. The van der Waals surface area contributed by atoms with Crippen molar-refractivity contribution >= 4 is 0 Å². The molecular formula is C13H14N2O. The van der Waals surface area contributed by atoms with Gasteiger partial charge in [0.2, 0.25) is 0 Å². The van der Waals surface area contributed by atoms with Gasteiger partial charge in [-0.05, 0) is 30.2 Å². The predicted molar refractivity (Wildman–Crippen MR) is 62.9 cm³/mol. The monoisotopic (exact) mass is 214 g/mol. The fourth-order valence-corrected chi connectivity index (χ4v) is 1.48. The first-order valence-corrected chi connectivity index (χ1v) is 4.94. The first-order valence-electron chi connectivity index (χ1n) is 4.94. The van der Waals surface area contributed by atoms with Crippen LogP contribution >= 0.6 is 0 Å². The molecule has 3 nitrogen and oxygen atoms in total. The van der Waals surface area contributed by atoms with E-state index in [4.69, 9.17) is 16.4 Å². The van der Waals surface area contributed by atoms with Crippen LogP contribution in [0.15, 0.2) is 18.2 Å². The van der Waals surface area contributed by atoms with Crippen molar-refractivity contribution in [3.63, 3.8) is 0 Å². The second-order valence-corrected chi connectivity index (χ2v) is 3.38. The molecular weight excluding hydrogens is 200 g/mol. The van der Waals surface area contributed by atoms with Gasteiger partial charge in [-0.3, -0.25) is 5.32 Å². The normalized spacial score (nSPS) is 11.2. The van der Waals surface area contributed by atoms with Crippen LogP contribution in [0.1, 0.15) is 17.2 Å². The number of nitrogens with zero attached hydrogens (tertiary/aromatic N) is 1. The van der Waals surface area contributed by atoms with Crippen LogP contribution in [0.5, 0.6) is 5.75 Å². The Labute approximate surface area is 96.0 Å². The maximum Gasteiger partial charge on any atom is 0.122 e. The molecule has 3 heteroatoms. The molecule has 1 unspecified atom stereocenters. The summed E-state index contributed by atoms with van der Waals surface area (Å²) >= 11 is 0. The van der Waals surface area contributed by atoms with Crippen molar-refractivity contribution < 1.29 is 4.74 Å². The van der Waals surface area contributed by atoms with Crippen LogP contribution in [0.4, 0.5) is 0 Å². The Morgan fingerprint density at radius 1 is 1.56 bits per heavy atom. The van der Waals surface area contributed by atoms with E-state index in [0.717, 1.165) is 16.9 Å². The van der Waals surface area contributed by atoms with Crippen LogP contribution < -0.4 is 10.1 Å². The van der Waals surface area contributed by atoms with E-state index in [2.05, 4.69) is 17.3 Å². The summed E-state index contributed by atoms with van der Waals surface area (Å²) in [4.78, 5) is 0. The Morgan fingerprint density at radius 2 is 2.31 bits per heavy atom. The summed E-state index contributed by atoms with van der Waals surface area (Å²) in [6.45, 7) is 2.32. The number of hydrogen-bond donors (Lipinski definition) is 1. The van der Waals surface area contributed by atoms with Gasteiger partial charge in [0, 0.05) is 0 Å². The zero-order chi connectivity index (χ0) is 12.0. The van der Waals surface area contributed by atoms with Gasteiger partial charge in [-0.25, -0.2) is 0 Å². The lowest BCUT2D eigenvalue weighted by Crippen LogP contribution is -2.20. The molecule has 1 atom stereocenters. The minimum Gasteiger partial charge on any atom is -0.496 e. The van der Waals surface area contributed by atoms with E-state index in [1.165, 1.54) is 0 Å². The van der Waals surface area contributed by atoms with Gasteiger partial charge in [-0.15, -0.1) is 6.42 Å². The maximum absolute atomic E-state index is 9.01. The largest absolute Gasteiger partial charge is 0.496 e. The lowest BCUT2D eigenvalue weighted by molar-refractivity contribution is 0.411. The summed E-state index contributed by atoms with van der Waals surface area (Å²) in [5.74, 6) is 3.27. The molecule has 0 saturated carbocycles. The molecule has 1 aromatic carbocycles. The van der Waals surface area contributed by atoms with Gasteiger partial charge in [0.1, 0.15) is 11.8 Å². The van der Waals surface area contributed by atoms with Gasteiger partial charge >= 0.3 is 0 Å². The van der Waals surface area contributed by atoms with E-state index in [0.29, 0.717) is 6.54 Å². The highest BCUT2D eigenvalue weighted by molar-refractivity contribution is 5.38. The summed E-state index contributed by atoms with van der Waals surface area (Å²) in [6, 6.07) is 7.44. The topological polar surface area (TPSA) is 45.0 Å². The third kappa shape index (κ3) is 2.76. The number of aryl methyl sites for hydroxylation is 1. The molecule has 16 heavy (non-hydrogen) atoms. The Morgan fingerprint density at radius 3 is 2.81 bits per heavy atom. The molecule has 0 aliphatic heterocycles. The van der Waals surface area contributed by atoms with Gasteiger partial charge in [-0.1, -0.05) is 12.0 Å². The minimum absolute atomic E-state index is 0.374. The second kappa shape index (κ2) is 5.80. The quantitative estimate of drug-likeness (QED) is 0.777. The average Bonchev–Trinajstić information content (AvgIpc) is 2.30.